The number of fused-ring (bicyclic) bond motifs is 1. The molecule has 27 heavy (non-hydrogen) atoms. The van der Waals surface area contributed by atoms with E-state index >= 15 is 0 Å². The molecule has 1 aliphatic heterocycles. The van der Waals surface area contributed by atoms with Crippen LogP contribution in [0.15, 0.2) is 76.6 Å². The molecule has 3 aromatic rings. The first-order valence-corrected chi connectivity index (χ1v) is 9.85. The van der Waals surface area contributed by atoms with Crippen LogP contribution in [0.25, 0.3) is 0 Å². The van der Waals surface area contributed by atoms with Crippen LogP contribution >= 0.6 is 23.5 Å². The first-order valence-electron chi connectivity index (χ1n) is 8.66. The lowest BCUT2D eigenvalue weighted by Gasteiger charge is -2.20. The second-order valence-electron chi connectivity index (χ2n) is 5.98. The van der Waals surface area contributed by atoms with Gasteiger partial charge in [-0.1, -0.05) is 48.9 Å². The molecule has 1 aliphatic rings. The molecule has 0 unspecified atom stereocenters. The number of halogens is 1. The predicted molar refractivity (Wildman–Crippen MR) is 113 cm³/mol. The minimum absolute atomic E-state index is 0.565. The highest BCUT2D eigenvalue weighted by Gasteiger charge is 2.18. The van der Waals surface area contributed by atoms with E-state index in [9.17, 15) is 0 Å². The molecular weight excluding hydrogens is 378 g/mol. The molecule has 136 valence electrons. The quantitative estimate of drug-likeness (QED) is 0.501. The summed E-state index contributed by atoms with van der Waals surface area (Å²) in [6, 6.07) is 21.6. The monoisotopic (exact) mass is 395 g/mol. The Morgan fingerprint density at radius 3 is 2.56 bits per heavy atom. The van der Waals surface area contributed by atoms with Crippen molar-refractivity contribution in [3.05, 3.63) is 77.3 Å². The van der Waals surface area contributed by atoms with Crippen molar-refractivity contribution in [2.24, 2.45) is 4.99 Å². The Labute approximate surface area is 167 Å². The fourth-order valence-electron chi connectivity index (χ4n) is 2.67. The van der Waals surface area contributed by atoms with E-state index in [4.69, 9.17) is 21.3 Å². The smallest absolute Gasteiger partial charge is 0.211 e. The molecule has 0 saturated heterocycles. The SMILES string of the molecule is CCc1ccc(NC2=Nc3c(Oc4ccccc4Cl)cccc3SN2)cc1. The van der Waals surface area contributed by atoms with E-state index in [0.717, 1.165) is 22.7 Å². The Hall–Kier alpha value is -2.63. The zero-order chi connectivity index (χ0) is 18.6. The van der Waals surface area contributed by atoms with Gasteiger partial charge in [0, 0.05) is 5.69 Å². The number of ether oxygens (including phenoxy) is 1. The van der Waals surface area contributed by atoms with Crippen molar-refractivity contribution in [1.29, 1.82) is 0 Å². The molecule has 4 nitrogen and oxygen atoms in total. The molecule has 3 aromatic carbocycles. The number of nitrogens with zero attached hydrogens (tertiary/aromatic N) is 1. The van der Waals surface area contributed by atoms with E-state index in [1.165, 1.54) is 17.5 Å². The van der Waals surface area contributed by atoms with E-state index in [1.807, 2.05) is 36.4 Å². The molecule has 4 rings (SSSR count). The van der Waals surface area contributed by atoms with Crippen LogP contribution in [0.1, 0.15) is 12.5 Å². The molecule has 0 amide bonds. The lowest BCUT2D eigenvalue weighted by atomic mass is 10.1. The van der Waals surface area contributed by atoms with Crippen LogP contribution in [0.5, 0.6) is 11.5 Å². The highest BCUT2D eigenvalue weighted by Crippen LogP contribution is 2.42. The van der Waals surface area contributed by atoms with Gasteiger partial charge in [-0.2, -0.15) is 0 Å². The van der Waals surface area contributed by atoms with Crippen molar-refractivity contribution in [3.63, 3.8) is 0 Å². The van der Waals surface area contributed by atoms with Gasteiger partial charge in [0.15, 0.2) is 5.75 Å². The number of benzene rings is 3. The van der Waals surface area contributed by atoms with Crippen LogP contribution in [0.4, 0.5) is 11.4 Å². The second kappa shape index (κ2) is 7.94. The minimum Gasteiger partial charge on any atom is -0.453 e. The van der Waals surface area contributed by atoms with Crippen molar-refractivity contribution in [3.8, 4) is 11.5 Å². The third-order valence-corrected chi connectivity index (χ3v) is 5.28. The minimum atomic E-state index is 0.565. The lowest BCUT2D eigenvalue weighted by Crippen LogP contribution is -2.26. The van der Waals surface area contributed by atoms with Crippen LogP contribution in [0.3, 0.4) is 0 Å². The molecule has 0 fully saturated rings. The van der Waals surface area contributed by atoms with E-state index < -0.39 is 0 Å². The number of aryl methyl sites for hydroxylation is 1. The predicted octanol–water partition coefficient (Wildman–Crippen LogP) is 6.40. The number of para-hydroxylation sites is 2. The highest BCUT2D eigenvalue weighted by atomic mass is 35.5. The first-order chi connectivity index (χ1) is 13.2. The normalized spacial score (nSPS) is 12.6. The molecule has 2 N–H and O–H groups in total. The van der Waals surface area contributed by atoms with Crippen molar-refractivity contribution in [1.82, 2.24) is 4.72 Å². The third kappa shape index (κ3) is 4.04. The molecule has 0 saturated carbocycles. The molecule has 0 aromatic heterocycles. The first kappa shape index (κ1) is 17.8. The summed E-state index contributed by atoms with van der Waals surface area (Å²) in [5, 5.41) is 3.88. The van der Waals surface area contributed by atoms with E-state index in [2.05, 4.69) is 41.2 Å². The Morgan fingerprint density at radius 2 is 1.78 bits per heavy atom. The third-order valence-electron chi connectivity index (χ3n) is 4.12. The van der Waals surface area contributed by atoms with Crippen LogP contribution < -0.4 is 14.8 Å². The van der Waals surface area contributed by atoms with E-state index in [1.54, 1.807) is 6.07 Å². The zero-order valence-corrected chi connectivity index (χ0v) is 16.3. The summed E-state index contributed by atoms with van der Waals surface area (Å²) in [7, 11) is 0. The lowest BCUT2D eigenvalue weighted by molar-refractivity contribution is 0.483. The summed E-state index contributed by atoms with van der Waals surface area (Å²) in [5.74, 6) is 1.93. The number of hydrogen-bond donors (Lipinski definition) is 2. The number of rotatable bonds is 4. The maximum absolute atomic E-state index is 6.23. The Balaban J connectivity index is 1.61. The fourth-order valence-corrected chi connectivity index (χ4v) is 3.54. The number of guanidine groups is 1. The molecule has 0 aliphatic carbocycles. The van der Waals surface area contributed by atoms with Crippen LogP contribution in [-0.2, 0) is 6.42 Å². The summed E-state index contributed by atoms with van der Waals surface area (Å²) < 4.78 is 9.26. The van der Waals surface area contributed by atoms with Crippen LogP contribution in [-0.4, -0.2) is 5.96 Å². The summed E-state index contributed by atoms with van der Waals surface area (Å²) in [4.78, 5) is 5.71. The topological polar surface area (TPSA) is 45.7 Å². The van der Waals surface area contributed by atoms with Crippen molar-refractivity contribution >= 4 is 40.9 Å². The fraction of sp³-hybridized carbons (Fsp3) is 0.0952. The van der Waals surface area contributed by atoms with Gasteiger partial charge in [-0.15, -0.1) is 0 Å². The van der Waals surface area contributed by atoms with Gasteiger partial charge in [0.1, 0.15) is 11.4 Å². The van der Waals surface area contributed by atoms with Gasteiger partial charge < -0.3 is 10.1 Å². The number of nitrogens with one attached hydrogen (secondary N) is 2. The van der Waals surface area contributed by atoms with Gasteiger partial charge in [0.25, 0.3) is 0 Å². The van der Waals surface area contributed by atoms with Crippen LogP contribution in [0.2, 0.25) is 5.02 Å². The summed E-state index contributed by atoms with van der Waals surface area (Å²) >= 11 is 7.72. The number of hydrogen-bond acceptors (Lipinski definition) is 5. The standard InChI is InChI=1S/C21H18ClN3OS/c1-2-14-10-12-15(13-11-14)23-21-24-20-18(8-5-9-19(20)27-25-21)26-17-7-4-3-6-16(17)22/h3-13H,2H2,1H3,(H2,23,24,25). The average molecular weight is 396 g/mol. The van der Waals surface area contributed by atoms with Gasteiger partial charge in [-0.3, -0.25) is 4.72 Å². The average Bonchev–Trinajstić information content (AvgIpc) is 2.71. The molecule has 0 atom stereocenters. The Morgan fingerprint density at radius 1 is 1.00 bits per heavy atom. The van der Waals surface area contributed by atoms with E-state index in [0.29, 0.717) is 22.5 Å². The number of anilines is 1. The Bertz CT molecular complexity index is 989. The largest absolute Gasteiger partial charge is 0.453 e. The summed E-state index contributed by atoms with van der Waals surface area (Å²) in [6.45, 7) is 2.14. The maximum atomic E-state index is 6.23. The second-order valence-corrected chi connectivity index (χ2v) is 7.23. The molecule has 0 radical (unpaired) electrons. The summed E-state index contributed by atoms with van der Waals surface area (Å²) in [5.41, 5.74) is 3.05. The van der Waals surface area contributed by atoms with Gasteiger partial charge in [0.2, 0.25) is 5.96 Å². The summed E-state index contributed by atoms with van der Waals surface area (Å²) in [6.07, 6.45) is 1.02. The van der Waals surface area contributed by atoms with Crippen LogP contribution in [0, 0.1) is 0 Å². The molecule has 1 heterocycles. The van der Waals surface area contributed by atoms with Gasteiger partial charge >= 0.3 is 0 Å². The zero-order valence-electron chi connectivity index (χ0n) is 14.7. The molecule has 6 heteroatoms. The molecule has 0 bridgehead atoms. The highest BCUT2D eigenvalue weighted by molar-refractivity contribution is 7.98. The molecule has 0 spiro atoms. The molecular formula is C21H18ClN3OS. The number of aliphatic imine (C=N–C) groups is 1. The van der Waals surface area contributed by atoms with Crippen molar-refractivity contribution < 1.29 is 4.74 Å². The van der Waals surface area contributed by atoms with E-state index in [-0.39, 0.29) is 0 Å². The van der Waals surface area contributed by atoms with Gasteiger partial charge in [-0.25, -0.2) is 4.99 Å². The van der Waals surface area contributed by atoms with Gasteiger partial charge in [0.05, 0.1) is 9.92 Å². The van der Waals surface area contributed by atoms with Crippen molar-refractivity contribution in [2.45, 2.75) is 18.2 Å². The van der Waals surface area contributed by atoms with Crippen molar-refractivity contribution in [2.75, 3.05) is 5.32 Å². The maximum Gasteiger partial charge on any atom is 0.211 e. The Kier molecular flexibility index (Phi) is 5.23. The van der Waals surface area contributed by atoms with Gasteiger partial charge in [-0.05, 0) is 60.3 Å².